The standard InChI is InChI=1S/2C12H10O2/c13-11-5-1-9(2-6-11)10-3-7-12(14)8-4-10;13-11-7-3-1-5-9(11)10-6-2-4-8-12(10)14/h2*1-8,13-14H. The highest BCUT2D eigenvalue weighted by Gasteiger charge is 2.06. The second-order valence-electron chi connectivity index (χ2n) is 6.13. The Balaban J connectivity index is 0.000000161. The molecule has 0 bridgehead atoms. The van der Waals surface area contributed by atoms with Gasteiger partial charge >= 0.3 is 0 Å². The molecule has 0 aromatic heterocycles. The van der Waals surface area contributed by atoms with Crippen molar-refractivity contribution in [3.63, 3.8) is 0 Å². The molecule has 4 nitrogen and oxygen atoms in total. The van der Waals surface area contributed by atoms with Crippen LogP contribution in [0.25, 0.3) is 22.3 Å². The summed E-state index contributed by atoms with van der Waals surface area (Å²) in [6.45, 7) is 0. The van der Waals surface area contributed by atoms with E-state index >= 15 is 0 Å². The predicted octanol–water partition coefficient (Wildman–Crippen LogP) is 5.53. The summed E-state index contributed by atoms with van der Waals surface area (Å²) in [6, 6.07) is 27.8. The molecule has 0 saturated carbocycles. The molecular weight excluding hydrogens is 352 g/mol. The van der Waals surface area contributed by atoms with E-state index < -0.39 is 0 Å². The smallest absolute Gasteiger partial charge is 0.123 e. The Morgan fingerprint density at radius 1 is 0.357 bits per heavy atom. The Morgan fingerprint density at radius 3 is 1.00 bits per heavy atom. The van der Waals surface area contributed by atoms with Crippen molar-refractivity contribution < 1.29 is 20.4 Å². The molecule has 0 fully saturated rings. The topological polar surface area (TPSA) is 80.9 Å². The molecule has 0 saturated heterocycles. The number of hydrogen-bond donors (Lipinski definition) is 4. The highest BCUT2D eigenvalue weighted by molar-refractivity contribution is 5.74. The fourth-order valence-corrected chi connectivity index (χ4v) is 2.71. The van der Waals surface area contributed by atoms with Crippen molar-refractivity contribution in [1.29, 1.82) is 0 Å². The van der Waals surface area contributed by atoms with Gasteiger partial charge < -0.3 is 20.4 Å². The maximum absolute atomic E-state index is 9.58. The van der Waals surface area contributed by atoms with Crippen LogP contribution in [0.2, 0.25) is 0 Å². The van der Waals surface area contributed by atoms with Crippen molar-refractivity contribution >= 4 is 0 Å². The molecule has 4 heteroatoms. The van der Waals surface area contributed by atoms with Crippen LogP contribution in [0.1, 0.15) is 0 Å². The van der Waals surface area contributed by atoms with Crippen molar-refractivity contribution in [2.24, 2.45) is 0 Å². The van der Waals surface area contributed by atoms with E-state index in [1.54, 1.807) is 60.7 Å². The van der Waals surface area contributed by atoms with Gasteiger partial charge in [0.05, 0.1) is 0 Å². The number of benzene rings is 4. The van der Waals surface area contributed by atoms with Crippen molar-refractivity contribution in [2.75, 3.05) is 0 Å². The normalized spacial score (nSPS) is 10.0. The number of para-hydroxylation sites is 2. The van der Waals surface area contributed by atoms with Crippen LogP contribution in [0.3, 0.4) is 0 Å². The van der Waals surface area contributed by atoms with Gasteiger partial charge in [0, 0.05) is 11.1 Å². The zero-order valence-corrected chi connectivity index (χ0v) is 15.0. The fourth-order valence-electron chi connectivity index (χ4n) is 2.71. The molecule has 4 aromatic carbocycles. The monoisotopic (exact) mass is 372 g/mol. The van der Waals surface area contributed by atoms with Crippen LogP contribution in [0.15, 0.2) is 97.1 Å². The van der Waals surface area contributed by atoms with Crippen LogP contribution >= 0.6 is 0 Å². The van der Waals surface area contributed by atoms with Crippen LogP contribution in [0, 0.1) is 0 Å². The molecule has 0 aliphatic rings. The Morgan fingerprint density at radius 2 is 0.679 bits per heavy atom. The van der Waals surface area contributed by atoms with Gasteiger partial charge in [-0.1, -0.05) is 60.7 Å². The molecule has 0 atom stereocenters. The van der Waals surface area contributed by atoms with E-state index in [0.717, 1.165) is 11.1 Å². The largest absolute Gasteiger partial charge is 0.508 e. The van der Waals surface area contributed by atoms with E-state index in [2.05, 4.69) is 0 Å². The van der Waals surface area contributed by atoms with Crippen molar-refractivity contribution in [2.45, 2.75) is 0 Å². The highest BCUT2D eigenvalue weighted by atomic mass is 16.3. The molecule has 0 spiro atoms. The molecule has 4 rings (SSSR count). The third-order valence-corrected chi connectivity index (χ3v) is 4.17. The van der Waals surface area contributed by atoms with Crippen LogP contribution in [0.5, 0.6) is 23.0 Å². The molecule has 0 aliphatic heterocycles. The average Bonchev–Trinajstić information content (AvgIpc) is 2.71. The lowest BCUT2D eigenvalue weighted by atomic mass is 10.0. The molecule has 4 N–H and O–H groups in total. The van der Waals surface area contributed by atoms with Gasteiger partial charge in [0.1, 0.15) is 23.0 Å². The minimum absolute atomic E-state index is 0.175. The van der Waals surface area contributed by atoms with Gasteiger partial charge in [-0.3, -0.25) is 0 Å². The maximum Gasteiger partial charge on any atom is 0.123 e. The molecule has 0 aliphatic carbocycles. The number of rotatable bonds is 2. The first kappa shape index (κ1) is 18.9. The van der Waals surface area contributed by atoms with Crippen LogP contribution in [-0.4, -0.2) is 20.4 Å². The van der Waals surface area contributed by atoms with E-state index in [4.69, 9.17) is 10.2 Å². The lowest BCUT2D eigenvalue weighted by molar-refractivity contribution is 0.469. The molecule has 0 radical (unpaired) electrons. The summed E-state index contributed by atoms with van der Waals surface area (Å²) in [5.74, 6) is 0.864. The van der Waals surface area contributed by atoms with Gasteiger partial charge in [-0.15, -0.1) is 0 Å². The predicted molar refractivity (Wildman–Crippen MR) is 110 cm³/mol. The number of phenolic OH excluding ortho intramolecular Hbond substituents is 4. The zero-order valence-electron chi connectivity index (χ0n) is 15.0. The molecule has 4 aromatic rings. The molecule has 0 unspecified atom stereocenters. The third kappa shape index (κ3) is 4.62. The Labute approximate surface area is 163 Å². The molecule has 0 heterocycles. The van der Waals surface area contributed by atoms with E-state index in [1.807, 2.05) is 36.4 Å². The number of aromatic hydroxyl groups is 4. The lowest BCUT2D eigenvalue weighted by Gasteiger charge is -2.05. The van der Waals surface area contributed by atoms with E-state index in [0.29, 0.717) is 11.1 Å². The Hall–Kier alpha value is -3.92. The number of phenols is 4. The minimum Gasteiger partial charge on any atom is -0.508 e. The van der Waals surface area contributed by atoms with Crippen LogP contribution in [0.4, 0.5) is 0 Å². The number of hydrogen-bond acceptors (Lipinski definition) is 4. The fraction of sp³-hybridized carbons (Fsp3) is 0. The maximum atomic E-state index is 9.58. The minimum atomic E-state index is 0.175. The van der Waals surface area contributed by atoms with Gasteiger partial charge in [0.25, 0.3) is 0 Å². The van der Waals surface area contributed by atoms with Gasteiger partial charge in [-0.05, 0) is 47.5 Å². The summed E-state index contributed by atoms with van der Waals surface area (Å²) in [5, 5.41) is 37.4. The third-order valence-electron chi connectivity index (χ3n) is 4.17. The molecule has 140 valence electrons. The quantitative estimate of drug-likeness (QED) is 0.373. The lowest BCUT2D eigenvalue weighted by Crippen LogP contribution is -1.79. The van der Waals surface area contributed by atoms with Gasteiger partial charge in [-0.25, -0.2) is 0 Å². The Kier molecular flexibility index (Phi) is 5.82. The first-order valence-corrected chi connectivity index (χ1v) is 8.69. The summed E-state index contributed by atoms with van der Waals surface area (Å²) in [6.07, 6.45) is 0. The summed E-state index contributed by atoms with van der Waals surface area (Å²) >= 11 is 0. The van der Waals surface area contributed by atoms with E-state index in [-0.39, 0.29) is 23.0 Å². The molecule has 28 heavy (non-hydrogen) atoms. The first-order chi connectivity index (χ1) is 13.5. The molecular formula is C24H20O4. The van der Waals surface area contributed by atoms with Crippen molar-refractivity contribution in [1.82, 2.24) is 0 Å². The SMILES string of the molecule is Oc1ccc(-c2ccc(O)cc2)cc1.Oc1ccccc1-c1ccccc1O. The zero-order chi connectivity index (χ0) is 19.9. The van der Waals surface area contributed by atoms with Gasteiger partial charge in [0.2, 0.25) is 0 Å². The van der Waals surface area contributed by atoms with Gasteiger partial charge in [-0.2, -0.15) is 0 Å². The summed E-state index contributed by atoms with van der Waals surface area (Å²) in [7, 11) is 0. The van der Waals surface area contributed by atoms with E-state index in [1.165, 1.54) is 0 Å². The van der Waals surface area contributed by atoms with Crippen molar-refractivity contribution in [3.05, 3.63) is 97.1 Å². The van der Waals surface area contributed by atoms with Crippen LogP contribution < -0.4 is 0 Å². The van der Waals surface area contributed by atoms with E-state index in [9.17, 15) is 10.2 Å². The van der Waals surface area contributed by atoms with Gasteiger partial charge in [0.15, 0.2) is 0 Å². The average molecular weight is 372 g/mol. The first-order valence-electron chi connectivity index (χ1n) is 8.69. The van der Waals surface area contributed by atoms with Crippen molar-refractivity contribution in [3.8, 4) is 45.3 Å². The Bertz CT molecular complexity index is 952. The highest BCUT2D eigenvalue weighted by Crippen LogP contribution is 2.34. The second-order valence-corrected chi connectivity index (χ2v) is 6.13. The summed E-state index contributed by atoms with van der Waals surface area (Å²) in [5.41, 5.74) is 3.32. The molecule has 0 amide bonds. The summed E-state index contributed by atoms with van der Waals surface area (Å²) < 4.78 is 0. The second kappa shape index (κ2) is 8.64. The summed E-state index contributed by atoms with van der Waals surface area (Å²) in [4.78, 5) is 0. The van der Waals surface area contributed by atoms with Crippen LogP contribution in [-0.2, 0) is 0 Å².